The molecule has 9 heteroatoms. The van der Waals surface area contributed by atoms with Crippen molar-refractivity contribution >= 4 is 23.2 Å². The zero-order valence-corrected chi connectivity index (χ0v) is 13.9. The van der Waals surface area contributed by atoms with E-state index in [2.05, 4.69) is 15.2 Å². The van der Waals surface area contributed by atoms with Gasteiger partial charge in [-0.25, -0.2) is 0 Å². The van der Waals surface area contributed by atoms with E-state index in [-0.39, 0.29) is 10.8 Å². The predicted molar refractivity (Wildman–Crippen MR) is 92.4 cm³/mol. The summed E-state index contributed by atoms with van der Waals surface area (Å²) in [4.78, 5) is 15.4. The molecular weight excluding hydrogens is 340 g/mol. The molecule has 0 aliphatic heterocycles. The third-order valence-electron chi connectivity index (χ3n) is 3.70. The van der Waals surface area contributed by atoms with Crippen molar-refractivity contribution in [3.63, 3.8) is 0 Å². The Balaban J connectivity index is 1.77. The number of aromatic nitrogens is 5. The van der Waals surface area contributed by atoms with E-state index in [1.165, 1.54) is 4.40 Å². The van der Waals surface area contributed by atoms with E-state index < -0.39 is 4.92 Å². The van der Waals surface area contributed by atoms with Crippen LogP contribution in [0.5, 0.6) is 0 Å². The fourth-order valence-corrected chi connectivity index (χ4v) is 3.41. The van der Waals surface area contributed by atoms with Gasteiger partial charge in [0, 0.05) is 18.7 Å². The zero-order valence-electron chi connectivity index (χ0n) is 13.1. The summed E-state index contributed by atoms with van der Waals surface area (Å²) < 4.78 is 3.25. The van der Waals surface area contributed by atoms with E-state index in [9.17, 15) is 10.1 Å². The molecule has 0 unspecified atom stereocenters. The van der Waals surface area contributed by atoms with E-state index >= 15 is 0 Å². The van der Waals surface area contributed by atoms with Gasteiger partial charge >= 0.3 is 5.82 Å². The lowest BCUT2D eigenvalue weighted by Gasteiger charge is -2.02. The number of imidazole rings is 1. The summed E-state index contributed by atoms with van der Waals surface area (Å²) >= 11 is 1.13. The van der Waals surface area contributed by atoms with Gasteiger partial charge in [0.25, 0.3) is 0 Å². The summed E-state index contributed by atoms with van der Waals surface area (Å²) in [6.07, 6.45) is 1.62. The lowest BCUT2D eigenvalue weighted by molar-refractivity contribution is -0.393. The molecule has 0 bridgehead atoms. The minimum absolute atomic E-state index is 0.0788. The lowest BCUT2D eigenvalue weighted by atomic mass is 10.2. The van der Waals surface area contributed by atoms with E-state index in [1.54, 1.807) is 29.0 Å². The van der Waals surface area contributed by atoms with Crippen molar-refractivity contribution in [2.75, 3.05) is 0 Å². The van der Waals surface area contributed by atoms with Crippen LogP contribution >= 0.6 is 11.8 Å². The number of rotatable bonds is 4. The van der Waals surface area contributed by atoms with Gasteiger partial charge in [-0.15, -0.1) is 10.2 Å². The van der Waals surface area contributed by atoms with Crippen LogP contribution in [0.25, 0.3) is 17.0 Å². The quantitative estimate of drug-likeness (QED) is 0.414. The molecule has 3 heterocycles. The molecule has 25 heavy (non-hydrogen) atoms. The molecule has 4 rings (SSSR count). The minimum Gasteiger partial charge on any atom is -0.358 e. The lowest BCUT2D eigenvalue weighted by Crippen LogP contribution is -1.97. The second-order valence-electron chi connectivity index (χ2n) is 5.26. The first-order chi connectivity index (χ1) is 12.1. The van der Waals surface area contributed by atoms with Gasteiger partial charge in [-0.2, -0.15) is 9.38 Å². The first-order valence-electron chi connectivity index (χ1n) is 7.39. The molecule has 0 spiro atoms. The third-order valence-corrected chi connectivity index (χ3v) is 4.71. The molecule has 0 amide bonds. The highest BCUT2D eigenvalue weighted by Gasteiger charge is 2.25. The number of hydrogen-bond donors (Lipinski definition) is 0. The van der Waals surface area contributed by atoms with Crippen LogP contribution in [0.3, 0.4) is 0 Å². The van der Waals surface area contributed by atoms with Crippen LogP contribution in [0.15, 0.2) is 64.9 Å². The van der Waals surface area contributed by atoms with E-state index in [1.807, 2.05) is 37.4 Å². The number of hydrogen-bond acceptors (Lipinski definition) is 6. The van der Waals surface area contributed by atoms with Gasteiger partial charge in [0.05, 0.1) is 6.20 Å². The highest BCUT2D eigenvalue weighted by atomic mass is 32.2. The molecule has 0 N–H and O–H groups in total. The molecule has 0 aliphatic rings. The molecule has 0 saturated carbocycles. The Kier molecular flexibility index (Phi) is 3.69. The Morgan fingerprint density at radius 1 is 1.08 bits per heavy atom. The molecule has 0 atom stereocenters. The molecule has 4 aromatic rings. The number of pyridine rings is 1. The first-order valence-corrected chi connectivity index (χ1v) is 8.21. The second kappa shape index (κ2) is 6.02. The molecular formula is C16H12N6O2S. The van der Waals surface area contributed by atoms with Crippen molar-refractivity contribution in [2.45, 2.75) is 10.2 Å². The smallest absolute Gasteiger partial charge is 0.358 e. The summed E-state index contributed by atoms with van der Waals surface area (Å²) in [5.41, 5.74) is 1.44. The summed E-state index contributed by atoms with van der Waals surface area (Å²) in [6, 6.07) is 14.9. The SMILES string of the molecule is Cn1c(Sc2nc3ccccn3c2[N+](=O)[O-])nnc1-c1ccccc1. The van der Waals surface area contributed by atoms with Crippen molar-refractivity contribution in [2.24, 2.45) is 7.05 Å². The highest BCUT2D eigenvalue weighted by molar-refractivity contribution is 7.99. The first kappa shape index (κ1) is 15.3. The van der Waals surface area contributed by atoms with Gasteiger partial charge in [0.15, 0.2) is 11.0 Å². The molecule has 0 aliphatic carbocycles. The molecule has 0 fully saturated rings. The summed E-state index contributed by atoms with van der Waals surface area (Å²) in [7, 11) is 1.83. The highest BCUT2D eigenvalue weighted by Crippen LogP contribution is 2.34. The minimum atomic E-state index is -0.434. The molecule has 8 nitrogen and oxygen atoms in total. The fourth-order valence-electron chi connectivity index (χ4n) is 2.52. The Labute approximate surface area is 146 Å². The van der Waals surface area contributed by atoms with E-state index in [4.69, 9.17) is 0 Å². The van der Waals surface area contributed by atoms with Crippen LogP contribution in [0, 0.1) is 10.1 Å². The second-order valence-corrected chi connectivity index (χ2v) is 6.22. The van der Waals surface area contributed by atoms with Gasteiger partial charge in [-0.3, -0.25) is 0 Å². The molecule has 0 saturated heterocycles. The summed E-state index contributed by atoms with van der Waals surface area (Å²) in [6.45, 7) is 0. The van der Waals surface area contributed by atoms with Gasteiger partial charge in [0.2, 0.25) is 10.7 Å². The van der Waals surface area contributed by atoms with Gasteiger partial charge in [-0.1, -0.05) is 36.4 Å². The largest absolute Gasteiger partial charge is 0.362 e. The van der Waals surface area contributed by atoms with Crippen molar-refractivity contribution in [3.8, 4) is 11.4 Å². The van der Waals surface area contributed by atoms with Crippen LogP contribution in [0.1, 0.15) is 0 Å². The Morgan fingerprint density at radius 2 is 1.84 bits per heavy atom. The van der Waals surface area contributed by atoms with Crippen molar-refractivity contribution in [3.05, 3.63) is 64.8 Å². The number of nitro groups is 1. The molecule has 0 radical (unpaired) electrons. The third kappa shape index (κ3) is 2.64. The molecule has 1 aromatic carbocycles. The summed E-state index contributed by atoms with van der Waals surface area (Å²) in [5.74, 6) is 0.611. The topological polar surface area (TPSA) is 91.2 Å². The van der Waals surface area contributed by atoms with Gasteiger partial charge in [-0.05, 0) is 22.8 Å². The van der Waals surface area contributed by atoms with Crippen LogP contribution in [-0.4, -0.2) is 29.1 Å². The van der Waals surface area contributed by atoms with Crippen LogP contribution < -0.4 is 0 Å². The standard InChI is InChI=1S/C16H12N6O2S/c1-20-13(11-7-3-2-4-8-11)18-19-16(20)25-14-15(22(23)24)21-10-6-5-9-12(21)17-14/h2-10H,1H3. The zero-order chi connectivity index (χ0) is 17.4. The van der Waals surface area contributed by atoms with Gasteiger partial charge in [0.1, 0.15) is 0 Å². The Hall–Kier alpha value is -3.20. The summed E-state index contributed by atoms with van der Waals surface area (Å²) in [5, 5.41) is 20.7. The van der Waals surface area contributed by atoms with Gasteiger partial charge < -0.3 is 14.7 Å². The van der Waals surface area contributed by atoms with Crippen LogP contribution in [0.2, 0.25) is 0 Å². The predicted octanol–water partition coefficient (Wildman–Crippen LogP) is 3.19. The molecule has 124 valence electrons. The maximum atomic E-state index is 11.5. The van der Waals surface area contributed by atoms with Crippen LogP contribution in [-0.2, 0) is 7.05 Å². The van der Waals surface area contributed by atoms with E-state index in [0.29, 0.717) is 16.6 Å². The maximum absolute atomic E-state index is 11.5. The Bertz CT molecular complexity index is 1070. The number of nitrogens with zero attached hydrogens (tertiary/aromatic N) is 6. The number of fused-ring (bicyclic) bond motifs is 1. The Morgan fingerprint density at radius 3 is 2.60 bits per heavy atom. The average Bonchev–Trinajstić information content (AvgIpc) is 3.16. The van der Waals surface area contributed by atoms with Crippen molar-refractivity contribution in [1.29, 1.82) is 0 Å². The average molecular weight is 352 g/mol. The van der Waals surface area contributed by atoms with Crippen molar-refractivity contribution < 1.29 is 4.92 Å². The monoisotopic (exact) mass is 352 g/mol. The fraction of sp³-hybridized carbons (Fsp3) is 0.0625. The molecule has 3 aromatic heterocycles. The van der Waals surface area contributed by atoms with E-state index in [0.717, 1.165) is 17.3 Å². The van der Waals surface area contributed by atoms with Crippen molar-refractivity contribution in [1.82, 2.24) is 24.1 Å². The van der Waals surface area contributed by atoms with Crippen LogP contribution in [0.4, 0.5) is 5.82 Å². The number of benzene rings is 1. The normalized spacial score (nSPS) is 11.1. The maximum Gasteiger partial charge on any atom is 0.362 e.